The van der Waals surface area contributed by atoms with Crippen LogP contribution < -0.4 is 4.90 Å². The van der Waals surface area contributed by atoms with Gasteiger partial charge >= 0.3 is 0 Å². The number of likely N-dealkylation sites (tertiary alicyclic amines) is 1. The lowest BCUT2D eigenvalue weighted by molar-refractivity contribution is 0.0882. The average molecular weight is 290 g/mol. The fraction of sp³-hybridized carbons (Fsp3) is 0.706. The molecule has 0 radical (unpaired) electrons. The summed E-state index contributed by atoms with van der Waals surface area (Å²) >= 11 is 0. The Labute approximate surface area is 129 Å². The number of rotatable bonds is 3. The summed E-state index contributed by atoms with van der Waals surface area (Å²) < 4.78 is 0. The molecule has 0 amide bonds. The lowest BCUT2D eigenvalue weighted by Crippen LogP contribution is -2.53. The topological polar surface area (TPSA) is 22.6 Å². The predicted octanol–water partition coefficient (Wildman–Crippen LogP) is 2.18. The Hall–Kier alpha value is -1.13. The second kappa shape index (κ2) is 8.35. The van der Waals surface area contributed by atoms with E-state index >= 15 is 0 Å². The fourth-order valence-corrected chi connectivity index (χ4v) is 3.01. The standard InChI is InChI=1S/C14H22N4.C3H8/c1-16-10-13(11-16)12-17-6-8-18(9-7-17)14-4-2-3-5-15-14;1-3-2/h2-5,13H,6-12H2,1H3;3H2,1-2H3. The SMILES string of the molecule is CCC.CN1CC(CN2CCN(c3ccccn3)CC2)C1. The lowest BCUT2D eigenvalue weighted by Gasteiger charge is -2.42. The van der Waals surface area contributed by atoms with Gasteiger partial charge in [0.1, 0.15) is 5.82 Å². The van der Waals surface area contributed by atoms with E-state index in [-0.39, 0.29) is 0 Å². The molecule has 4 nitrogen and oxygen atoms in total. The summed E-state index contributed by atoms with van der Waals surface area (Å²) in [6.45, 7) is 12.7. The van der Waals surface area contributed by atoms with Gasteiger partial charge in [-0.3, -0.25) is 4.90 Å². The first-order valence-corrected chi connectivity index (χ1v) is 8.29. The molecule has 2 fully saturated rings. The van der Waals surface area contributed by atoms with E-state index in [2.05, 4.69) is 52.7 Å². The van der Waals surface area contributed by atoms with Gasteiger partial charge in [-0.05, 0) is 25.1 Å². The Morgan fingerprint density at radius 1 is 1.10 bits per heavy atom. The third kappa shape index (κ3) is 4.97. The van der Waals surface area contributed by atoms with E-state index in [0.717, 1.165) is 24.8 Å². The molecule has 0 N–H and O–H groups in total. The molecule has 2 saturated heterocycles. The van der Waals surface area contributed by atoms with Crippen LogP contribution in [0.5, 0.6) is 0 Å². The first-order valence-electron chi connectivity index (χ1n) is 8.29. The maximum Gasteiger partial charge on any atom is 0.128 e. The van der Waals surface area contributed by atoms with Crippen molar-refractivity contribution in [1.82, 2.24) is 14.8 Å². The van der Waals surface area contributed by atoms with Crippen molar-refractivity contribution >= 4 is 5.82 Å². The molecule has 3 rings (SSSR count). The summed E-state index contributed by atoms with van der Waals surface area (Å²) in [7, 11) is 2.20. The maximum atomic E-state index is 4.43. The molecule has 0 spiro atoms. The van der Waals surface area contributed by atoms with E-state index in [1.807, 2.05) is 12.3 Å². The van der Waals surface area contributed by atoms with Gasteiger partial charge in [-0.2, -0.15) is 0 Å². The second-order valence-corrected chi connectivity index (χ2v) is 6.27. The van der Waals surface area contributed by atoms with Crippen LogP contribution in [0.3, 0.4) is 0 Å². The number of pyridine rings is 1. The Balaban J connectivity index is 0.000000497. The Kier molecular flexibility index (Phi) is 6.46. The molecule has 0 saturated carbocycles. The van der Waals surface area contributed by atoms with Crippen molar-refractivity contribution in [3.05, 3.63) is 24.4 Å². The smallest absolute Gasteiger partial charge is 0.128 e. The van der Waals surface area contributed by atoms with Gasteiger partial charge in [-0.15, -0.1) is 0 Å². The molecule has 21 heavy (non-hydrogen) atoms. The summed E-state index contributed by atoms with van der Waals surface area (Å²) in [4.78, 5) is 11.8. The minimum atomic E-state index is 0.899. The number of piperazine rings is 1. The van der Waals surface area contributed by atoms with Crippen LogP contribution in [0.4, 0.5) is 5.82 Å². The molecule has 0 unspecified atom stereocenters. The van der Waals surface area contributed by atoms with E-state index in [9.17, 15) is 0 Å². The van der Waals surface area contributed by atoms with Gasteiger partial charge in [0, 0.05) is 52.0 Å². The third-order valence-electron chi connectivity index (χ3n) is 4.00. The quantitative estimate of drug-likeness (QED) is 0.851. The van der Waals surface area contributed by atoms with Crippen LogP contribution >= 0.6 is 0 Å². The molecule has 0 bridgehead atoms. The largest absolute Gasteiger partial charge is 0.354 e. The summed E-state index contributed by atoms with van der Waals surface area (Å²) in [5.41, 5.74) is 0. The molecule has 0 aromatic carbocycles. The first-order chi connectivity index (χ1) is 10.2. The predicted molar refractivity (Wildman–Crippen MR) is 89.8 cm³/mol. The van der Waals surface area contributed by atoms with Crippen LogP contribution in [-0.2, 0) is 0 Å². The second-order valence-electron chi connectivity index (χ2n) is 6.27. The Morgan fingerprint density at radius 3 is 2.29 bits per heavy atom. The van der Waals surface area contributed by atoms with E-state index in [1.165, 1.54) is 39.1 Å². The van der Waals surface area contributed by atoms with Gasteiger partial charge in [0.25, 0.3) is 0 Å². The van der Waals surface area contributed by atoms with Crippen molar-refractivity contribution < 1.29 is 0 Å². The highest BCUT2D eigenvalue weighted by Crippen LogP contribution is 2.17. The highest BCUT2D eigenvalue weighted by atomic mass is 15.3. The highest BCUT2D eigenvalue weighted by molar-refractivity contribution is 5.38. The summed E-state index contributed by atoms with van der Waals surface area (Å²) in [5, 5.41) is 0. The summed E-state index contributed by atoms with van der Waals surface area (Å²) in [6.07, 6.45) is 3.13. The van der Waals surface area contributed by atoms with Crippen molar-refractivity contribution in [1.29, 1.82) is 0 Å². The number of hydrogen-bond acceptors (Lipinski definition) is 4. The lowest BCUT2D eigenvalue weighted by atomic mass is 10.0. The minimum absolute atomic E-state index is 0.899. The van der Waals surface area contributed by atoms with Crippen LogP contribution in [0.1, 0.15) is 20.3 Å². The monoisotopic (exact) mass is 290 g/mol. The zero-order valence-electron chi connectivity index (χ0n) is 13.8. The Bertz CT molecular complexity index is 381. The molecule has 1 aromatic rings. The molecule has 118 valence electrons. The minimum Gasteiger partial charge on any atom is -0.354 e. The third-order valence-corrected chi connectivity index (χ3v) is 4.00. The van der Waals surface area contributed by atoms with Gasteiger partial charge in [-0.25, -0.2) is 4.98 Å². The number of anilines is 1. The van der Waals surface area contributed by atoms with Gasteiger partial charge < -0.3 is 9.80 Å². The zero-order chi connectivity index (χ0) is 15.1. The highest BCUT2D eigenvalue weighted by Gasteiger charge is 2.27. The number of hydrogen-bond donors (Lipinski definition) is 0. The van der Waals surface area contributed by atoms with Crippen LogP contribution in [0, 0.1) is 5.92 Å². The molecule has 2 aliphatic heterocycles. The van der Waals surface area contributed by atoms with Gasteiger partial charge in [0.05, 0.1) is 0 Å². The molecule has 2 aliphatic rings. The maximum absolute atomic E-state index is 4.43. The van der Waals surface area contributed by atoms with Gasteiger partial charge in [0.2, 0.25) is 0 Å². The van der Waals surface area contributed by atoms with Crippen molar-refractivity contribution in [2.75, 3.05) is 57.8 Å². The van der Waals surface area contributed by atoms with Crippen LogP contribution in [0.15, 0.2) is 24.4 Å². The van der Waals surface area contributed by atoms with E-state index in [1.54, 1.807) is 0 Å². The van der Waals surface area contributed by atoms with Crippen molar-refractivity contribution in [2.45, 2.75) is 20.3 Å². The van der Waals surface area contributed by atoms with Crippen LogP contribution in [0.25, 0.3) is 0 Å². The van der Waals surface area contributed by atoms with E-state index in [4.69, 9.17) is 0 Å². The average Bonchev–Trinajstić information content (AvgIpc) is 2.48. The van der Waals surface area contributed by atoms with Crippen LogP contribution in [-0.4, -0.2) is 67.6 Å². The molecule has 3 heterocycles. The number of aromatic nitrogens is 1. The molecular weight excluding hydrogens is 260 g/mol. The van der Waals surface area contributed by atoms with Gasteiger partial charge in [-0.1, -0.05) is 26.3 Å². The molecular formula is C17H30N4. The van der Waals surface area contributed by atoms with E-state index in [0.29, 0.717) is 0 Å². The molecule has 0 aliphatic carbocycles. The molecule has 1 aromatic heterocycles. The molecule has 0 atom stereocenters. The fourth-order valence-electron chi connectivity index (χ4n) is 3.01. The van der Waals surface area contributed by atoms with E-state index < -0.39 is 0 Å². The molecule has 4 heteroatoms. The summed E-state index contributed by atoms with van der Waals surface area (Å²) in [6, 6.07) is 6.16. The van der Waals surface area contributed by atoms with Crippen molar-refractivity contribution in [3.8, 4) is 0 Å². The normalized spacial score (nSPS) is 20.6. The zero-order valence-corrected chi connectivity index (χ0v) is 13.8. The van der Waals surface area contributed by atoms with Gasteiger partial charge in [0.15, 0.2) is 0 Å². The van der Waals surface area contributed by atoms with Crippen LogP contribution in [0.2, 0.25) is 0 Å². The summed E-state index contributed by atoms with van der Waals surface area (Å²) in [5.74, 6) is 2.02. The Morgan fingerprint density at radius 2 is 1.76 bits per heavy atom. The van der Waals surface area contributed by atoms with Crippen molar-refractivity contribution in [3.63, 3.8) is 0 Å². The first kappa shape index (κ1) is 16.2. The van der Waals surface area contributed by atoms with Crippen molar-refractivity contribution in [2.24, 2.45) is 5.92 Å². The number of nitrogens with zero attached hydrogens (tertiary/aromatic N) is 4.